The maximum Gasteiger partial charge on any atom is 0.253 e. The zero-order valence-electron chi connectivity index (χ0n) is 19.1. The molecule has 0 unspecified atom stereocenters. The van der Waals surface area contributed by atoms with E-state index in [0.717, 1.165) is 42.6 Å². The number of carbonyl (C=O) groups is 1. The summed E-state index contributed by atoms with van der Waals surface area (Å²) in [6, 6.07) is 18.9. The average Bonchev–Trinajstić information content (AvgIpc) is 2.86. The number of amides is 1. The number of likely N-dealkylation sites (tertiary alicyclic amines) is 1. The number of carbonyl (C=O) groups excluding carboxylic acids is 1. The smallest absolute Gasteiger partial charge is 0.253 e. The van der Waals surface area contributed by atoms with E-state index in [1.54, 1.807) is 0 Å². The Morgan fingerprint density at radius 3 is 1.94 bits per heavy atom. The summed E-state index contributed by atoms with van der Waals surface area (Å²) in [5, 5.41) is 3.84. The molecule has 1 amide bonds. The van der Waals surface area contributed by atoms with Gasteiger partial charge in [-0.25, -0.2) is 0 Å². The molecular weight excluding hydrogens is 380 g/mol. The van der Waals surface area contributed by atoms with Gasteiger partial charge in [0.1, 0.15) is 0 Å². The monoisotopic (exact) mass is 416 g/mol. The molecule has 0 bridgehead atoms. The lowest BCUT2D eigenvalue weighted by atomic mass is 9.93. The van der Waals surface area contributed by atoms with Crippen LogP contribution in [0.15, 0.2) is 54.6 Å². The first kappa shape index (κ1) is 23.1. The Balaban J connectivity index is 0.00000132. The Bertz CT molecular complexity index is 849. The lowest BCUT2D eigenvalue weighted by Crippen LogP contribution is -2.48. The van der Waals surface area contributed by atoms with Crippen molar-refractivity contribution in [1.29, 1.82) is 0 Å². The predicted octanol–water partition coefficient (Wildman–Crippen LogP) is 5.64. The summed E-state index contributed by atoms with van der Waals surface area (Å²) in [6.45, 7) is 5.69. The number of rotatable bonds is 3. The Kier molecular flexibility index (Phi) is 9.18. The van der Waals surface area contributed by atoms with Gasteiger partial charge in [0.15, 0.2) is 0 Å². The van der Waals surface area contributed by atoms with Crippen LogP contribution in [0.1, 0.15) is 80.3 Å². The number of nitrogens with one attached hydrogen (secondary N) is 1. The van der Waals surface area contributed by atoms with E-state index in [4.69, 9.17) is 0 Å². The van der Waals surface area contributed by atoms with Crippen LogP contribution in [0.5, 0.6) is 0 Å². The second-order valence-electron chi connectivity index (χ2n) is 8.26. The maximum absolute atomic E-state index is 12.9. The predicted molar refractivity (Wildman–Crippen MR) is 129 cm³/mol. The van der Waals surface area contributed by atoms with Gasteiger partial charge in [0.2, 0.25) is 0 Å². The van der Waals surface area contributed by atoms with E-state index in [1.807, 2.05) is 73.3 Å². The molecule has 2 aromatic rings. The van der Waals surface area contributed by atoms with Crippen LogP contribution in [0.4, 0.5) is 0 Å². The van der Waals surface area contributed by atoms with Crippen LogP contribution < -0.4 is 5.32 Å². The van der Waals surface area contributed by atoms with Gasteiger partial charge < -0.3 is 10.2 Å². The molecule has 2 aromatic carbocycles. The quantitative estimate of drug-likeness (QED) is 0.657. The van der Waals surface area contributed by atoms with Crippen molar-refractivity contribution in [2.24, 2.45) is 0 Å². The number of nitrogens with zero attached hydrogens (tertiary/aromatic N) is 1. The topological polar surface area (TPSA) is 32.3 Å². The zero-order chi connectivity index (χ0) is 21.9. The lowest BCUT2D eigenvalue weighted by molar-refractivity contribution is 0.0699. The minimum Gasteiger partial charge on any atom is -0.339 e. The standard InChI is InChI=1S/C26H30N2O.C2H6/c29-26(28-19-17-25(18-20-28)27-24-9-5-2-6-10-24)23-15-13-22(14-16-23)12-11-21-7-3-1-4-8-21;1-2/h1,3-4,7-8,13-16,24-25,27H,2,5-6,9-10,17-20H2;1-2H3. The van der Waals surface area contributed by atoms with Crippen LogP contribution in [0.25, 0.3) is 0 Å². The van der Waals surface area contributed by atoms with Gasteiger partial charge in [-0.2, -0.15) is 0 Å². The van der Waals surface area contributed by atoms with Gasteiger partial charge in [0, 0.05) is 41.9 Å². The largest absolute Gasteiger partial charge is 0.339 e. The van der Waals surface area contributed by atoms with Gasteiger partial charge in [-0.3, -0.25) is 4.79 Å². The highest BCUT2D eigenvalue weighted by atomic mass is 16.2. The zero-order valence-corrected chi connectivity index (χ0v) is 19.1. The maximum atomic E-state index is 12.9. The summed E-state index contributed by atoms with van der Waals surface area (Å²) in [6.07, 6.45) is 8.87. The van der Waals surface area contributed by atoms with Gasteiger partial charge in [-0.1, -0.05) is 63.1 Å². The summed E-state index contributed by atoms with van der Waals surface area (Å²) in [5.41, 5.74) is 2.69. The molecule has 3 nitrogen and oxygen atoms in total. The van der Waals surface area contributed by atoms with Crippen molar-refractivity contribution in [3.05, 3.63) is 71.3 Å². The van der Waals surface area contributed by atoms with E-state index < -0.39 is 0 Å². The van der Waals surface area contributed by atoms with Gasteiger partial charge >= 0.3 is 0 Å². The third kappa shape index (κ3) is 6.97. The summed E-state index contributed by atoms with van der Waals surface area (Å²) < 4.78 is 0. The highest BCUT2D eigenvalue weighted by molar-refractivity contribution is 5.94. The molecule has 1 saturated carbocycles. The molecule has 164 valence electrons. The molecular formula is C28H36N2O. The number of hydrogen-bond acceptors (Lipinski definition) is 2. The Hall–Kier alpha value is -2.57. The number of hydrogen-bond donors (Lipinski definition) is 1. The molecule has 1 saturated heterocycles. The van der Waals surface area contributed by atoms with Crippen molar-refractivity contribution in [3.8, 4) is 11.8 Å². The molecule has 1 heterocycles. The van der Waals surface area contributed by atoms with Crippen molar-refractivity contribution in [2.75, 3.05) is 13.1 Å². The molecule has 2 fully saturated rings. The third-order valence-corrected chi connectivity index (χ3v) is 6.12. The molecule has 4 rings (SSSR count). The number of benzene rings is 2. The molecule has 3 heteroatoms. The Morgan fingerprint density at radius 2 is 1.32 bits per heavy atom. The van der Waals surface area contributed by atoms with E-state index in [-0.39, 0.29) is 5.91 Å². The van der Waals surface area contributed by atoms with E-state index >= 15 is 0 Å². The second-order valence-corrected chi connectivity index (χ2v) is 8.26. The van der Waals surface area contributed by atoms with Gasteiger partial charge in [-0.05, 0) is 62.1 Å². The lowest BCUT2D eigenvalue weighted by Gasteiger charge is -2.35. The fourth-order valence-corrected chi connectivity index (χ4v) is 4.40. The van der Waals surface area contributed by atoms with Crippen LogP contribution >= 0.6 is 0 Å². The third-order valence-electron chi connectivity index (χ3n) is 6.12. The van der Waals surface area contributed by atoms with Crippen LogP contribution in [-0.4, -0.2) is 36.0 Å². The molecule has 0 atom stereocenters. The Morgan fingerprint density at radius 1 is 0.774 bits per heavy atom. The second kappa shape index (κ2) is 12.3. The molecule has 0 spiro atoms. The van der Waals surface area contributed by atoms with E-state index in [1.165, 1.54) is 32.1 Å². The van der Waals surface area contributed by atoms with Crippen molar-refractivity contribution < 1.29 is 4.79 Å². The van der Waals surface area contributed by atoms with Crippen LogP contribution in [0.2, 0.25) is 0 Å². The SMILES string of the molecule is CC.O=C(c1ccc(C#Cc2ccccc2)cc1)N1CCC(NC2CCCCC2)CC1. The van der Waals surface area contributed by atoms with Crippen molar-refractivity contribution in [2.45, 2.75) is 70.9 Å². The number of piperidine rings is 1. The summed E-state index contributed by atoms with van der Waals surface area (Å²) >= 11 is 0. The van der Waals surface area contributed by atoms with Crippen LogP contribution in [-0.2, 0) is 0 Å². The van der Waals surface area contributed by atoms with E-state index in [0.29, 0.717) is 12.1 Å². The van der Waals surface area contributed by atoms with E-state index in [2.05, 4.69) is 17.2 Å². The van der Waals surface area contributed by atoms with Gasteiger partial charge in [0.25, 0.3) is 5.91 Å². The van der Waals surface area contributed by atoms with Crippen molar-refractivity contribution in [1.82, 2.24) is 10.2 Å². The minimum atomic E-state index is 0.142. The minimum absolute atomic E-state index is 0.142. The fraction of sp³-hybridized carbons (Fsp3) is 0.464. The van der Waals surface area contributed by atoms with Gasteiger partial charge in [-0.15, -0.1) is 0 Å². The first-order valence-corrected chi connectivity index (χ1v) is 12.0. The highest BCUT2D eigenvalue weighted by Gasteiger charge is 2.25. The molecule has 1 aliphatic carbocycles. The van der Waals surface area contributed by atoms with Crippen LogP contribution in [0.3, 0.4) is 0 Å². The molecule has 31 heavy (non-hydrogen) atoms. The first-order chi connectivity index (χ1) is 15.3. The molecule has 0 aromatic heterocycles. The highest BCUT2D eigenvalue weighted by Crippen LogP contribution is 2.21. The van der Waals surface area contributed by atoms with E-state index in [9.17, 15) is 4.79 Å². The van der Waals surface area contributed by atoms with Gasteiger partial charge in [0.05, 0.1) is 0 Å². The molecule has 1 N–H and O–H groups in total. The summed E-state index contributed by atoms with van der Waals surface area (Å²) in [4.78, 5) is 14.9. The Labute approximate surface area is 188 Å². The summed E-state index contributed by atoms with van der Waals surface area (Å²) in [7, 11) is 0. The molecule has 0 radical (unpaired) electrons. The fourth-order valence-electron chi connectivity index (χ4n) is 4.40. The average molecular weight is 417 g/mol. The van der Waals surface area contributed by atoms with Crippen molar-refractivity contribution >= 4 is 5.91 Å². The molecule has 1 aliphatic heterocycles. The normalized spacial score (nSPS) is 17.2. The molecule has 2 aliphatic rings. The van der Waals surface area contributed by atoms with Crippen LogP contribution in [0, 0.1) is 11.8 Å². The summed E-state index contributed by atoms with van der Waals surface area (Å²) in [5.74, 6) is 6.47. The first-order valence-electron chi connectivity index (χ1n) is 12.0. The van der Waals surface area contributed by atoms with Crippen molar-refractivity contribution in [3.63, 3.8) is 0 Å².